The number of likely N-dealkylation sites (N-methyl/N-ethyl adjacent to an activating group) is 1. The summed E-state index contributed by atoms with van der Waals surface area (Å²) >= 11 is 0. The summed E-state index contributed by atoms with van der Waals surface area (Å²) in [6.45, 7) is 7.60. The summed E-state index contributed by atoms with van der Waals surface area (Å²) in [6, 6.07) is -0.0765. The van der Waals surface area contributed by atoms with Gasteiger partial charge in [0, 0.05) is 19.3 Å². The lowest BCUT2D eigenvalue weighted by molar-refractivity contribution is -0.134. The fourth-order valence-electron chi connectivity index (χ4n) is 4.05. The Bertz CT molecular complexity index is 774. The van der Waals surface area contributed by atoms with E-state index in [4.69, 9.17) is 4.99 Å². The van der Waals surface area contributed by atoms with Crippen LogP contribution in [0, 0.1) is 0 Å². The van der Waals surface area contributed by atoms with Crippen molar-refractivity contribution in [1.82, 2.24) is 9.80 Å². The molecule has 0 spiro atoms. The first-order valence-corrected chi connectivity index (χ1v) is 11.8. The van der Waals surface area contributed by atoms with Gasteiger partial charge in [0.2, 0.25) is 5.91 Å². The standard InChI is InChI=1S/C20H33N3O3S/c1-7-14(4)19(27(6,25)26)21-18-16(8-2)22(5)20(24)17(9-3)23(18)15-12-10-11-13-15/h8,15,17H,7,9-13H2,1-6H3/b16-8+,19-14-,21-18+. The Hall–Kier alpha value is -1.63. The molecule has 1 aliphatic carbocycles. The Morgan fingerprint density at radius 1 is 1.26 bits per heavy atom. The van der Waals surface area contributed by atoms with E-state index in [1.54, 1.807) is 11.9 Å². The molecule has 0 aromatic heterocycles. The molecule has 1 saturated heterocycles. The van der Waals surface area contributed by atoms with Gasteiger partial charge in [-0.3, -0.25) is 4.79 Å². The van der Waals surface area contributed by atoms with E-state index in [-0.39, 0.29) is 23.0 Å². The van der Waals surface area contributed by atoms with Gasteiger partial charge in [-0.1, -0.05) is 32.8 Å². The van der Waals surface area contributed by atoms with E-state index in [0.717, 1.165) is 31.3 Å². The minimum absolute atomic E-state index is 0.0496. The van der Waals surface area contributed by atoms with Crippen LogP contribution in [0.25, 0.3) is 0 Å². The van der Waals surface area contributed by atoms with E-state index in [0.29, 0.717) is 24.4 Å². The first-order valence-electron chi connectivity index (χ1n) is 9.88. The van der Waals surface area contributed by atoms with Gasteiger partial charge in [0.1, 0.15) is 6.04 Å². The molecule has 1 saturated carbocycles. The summed E-state index contributed by atoms with van der Waals surface area (Å²) in [7, 11) is -1.73. The van der Waals surface area contributed by atoms with Crippen LogP contribution < -0.4 is 0 Å². The molecule has 27 heavy (non-hydrogen) atoms. The molecule has 0 bridgehead atoms. The SMILES string of the molecule is C\C=C1/C(=N\C(=C(/C)CC)S(C)(=O)=O)N(C2CCCC2)C(CC)C(=O)N1C. The average molecular weight is 396 g/mol. The molecule has 2 aliphatic rings. The van der Waals surface area contributed by atoms with Crippen LogP contribution in [0.2, 0.25) is 0 Å². The Morgan fingerprint density at radius 2 is 1.85 bits per heavy atom. The molecule has 0 aromatic rings. The highest BCUT2D eigenvalue weighted by molar-refractivity contribution is 7.94. The van der Waals surface area contributed by atoms with Crippen molar-refractivity contribution in [2.45, 2.75) is 78.3 Å². The van der Waals surface area contributed by atoms with Crippen LogP contribution in [0.1, 0.15) is 66.2 Å². The van der Waals surface area contributed by atoms with Crippen molar-refractivity contribution < 1.29 is 13.2 Å². The molecule has 1 amide bonds. The average Bonchev–Trinajstić information content (AvgIpc) is 3.14. The van der Waals surface area contributed by atoms with Crippen molar-refractivity contribution in [3.05, 3.63) is 22.4 Å². The predicted octanol–water partition coefficient (Wildman–Crippen LogP) is 3.47. The van der Waals surface area contributed by atoms with Crippen LogP contribution >= 0.6 is 0 Å². The van der Waals surface area contributed by atoms with Gasteiger partial charge >= 0.3 is 0 Å². The monoisotopic (exact) mass is 395 g/mol. The van der Waals surface area contributed by atoms with Gasteiger partial charge in [0.05, 0.1) is 5.70 Å². The number of piperazine rings is 1. The molecular weight excluding hydrogens is 362 g/mol. The van der Waals surface area contributed by atoms with Gasteiger partial charge in [-0.05, 0) is 45.1 Å². The minimum atomic E-state index is -3.47. The summed E-state index contributed by atoms with van der Waals surface area (Å²) in [5, 5.41) is 0.125. The number of hydrogen-bond acceptors (Lipinski definition) is 4. The van der Waals surface area contributed by atoms with E-state index in [9.17, 15) is 13.2 Å². The first kappa shape index (κ1) is 21.7. The number of aliphatic imine (C=N–C) groups is 1. The maximum Gasteiger partial charge on any atom is 0.249 e. The molecule has 0 N–H and O–H groups in total. The van der Waals surface area contributed by atoms with Crippen LogP contribution in [-0.2, 0) is 14.6 Å². The van der Waals surface area contributed by atoms with Crippen molar-refractivity contribution in [2.75, 3.05) is 13.3 Å². The largest absolute Gasteiger partial charge is 0.340 e. The number of amidine groups is 1. The van der Waals surface area contributed by atoms with Gasteiger partial charge < -0.3 is 9.80 Å². The van der Waals surface area contributed by atoms with E-state index in [1.165, 1.54) is 6.26 Å². The van der Waals surface area contributed by atoms with Gasteiger partial charge in [-0.2, -0.15) is 0 Å². The lowest BCUT2D eigenvalue weighted by atomic mass is 10.0. The molecule has 2 fully saturated rings. The van der Waals surface area contributed by atoms with Crippen LogP contribution in [0.5, 0.6) is 0 Å². The zero-order chi connectivity index (χ0) is 20.4. The summed E-state index contributed by atoms with van der Waals surface area (Å²) in [5.41, 5.74) is 1.42. The van der Waals surface area contributed by atoms with Crippen molar-refractivity contribution >= 4 is 21.6 Å². The molecule has 0 aromatic carbocycles. The fraction of sp³-hybridized carbons (Fsp3) is 0.700. The van der Waals surface area contributed by atoms with Crippen LogP contribution in [0.3, 0.4) is 0 Å². The second-order valence-corrected chi connectivity index (χ2v) is 9.42. The molecule has 0 radical (unpaired) electrons. The molecule has 1 heterocycles. The highest BCUT2D eigenvalue weighted by atomic mass is 32.2. The fourth-order valence-corrected chi connectivity index (χ4v) is 5.08. The van der Waals surface area contributed by atoms with Crippen LogP contribution in [0.15, 0.2) is 27.4 Å². The maximum absolute atomic E-state index is 13.0. The molecule has 1 atom stereocenters. The summed E-state index contributed by atoms with van der Waals surface area (Å²) in [4.78, 5) is 21.4. The lowest BCUT2D eigenvalue weighted by Crippen LogP contribution is -2.60. The molecule has 1 aliphatic heterocycles. The lowest BCUT2D eigenvalue weighted by Gasteiger charge is -2.45. The molecular formula is C20H33N3O3S. The summed E-state index contributed by atoms with van der Waals surface area (Å²) < 4.78 is 24.9. The van der Waals surface area contributed by atoms with Crippen LogP contribution in [0.4, 0.5) is 0 Å². The van der Waals surface area contributed by atoms with Crippen LogP contribution in [-0.4, -0.2) is 55.3 Å². The Morgan fingerprint density at radius 3 is 2.30 bits per heavy atom. The zero-order valence-corrected chi connectivity index (χ0v) is 18.3. The number of carbonyl (C=O) groups is 1. The van der Waals surface area contributed by atoms with Gasteiger partial charge in [0.25, 0.3) is 0 Å². The number of rotatable bonds is 5. The normalized spacial score (nSPS) is 26.3. The predicted molar refractivity (Wildman–Crippen MR) is 110 cm³/mol. The molecule has 2 rings (SSSR count). The van der Waals surface area contributed by atoms with E-state index < -0.39 is 9.84 Å². The minimum Gasteiger partial charge on any atom is -0.340 e. The van der Waals surface area contributed by atoms with Gasteiger partial charge in [0.15, 0.2) is 20.7 Å². The number of nitrogens with zero attached hydrogens (tertiary/aromatic N) is 3. The van der Waals surface area contributed by atoms with E-state index in [1.807, 2.05) is 33.8 Å². The molecule has 7 heteroatoms. The smallest absolute Gasteiger partial charge is 0.249 e. The maximum atomic E-state index is 13.0. The zero-order valence-electron chi connectivity index (χ0n) is 17.4. The second kappa shape index (κ2) is 8.59. The number of allylic oxidation sites excluding steroid dienone is 2. The Balaban J connectivity index is 2.73. The van der Waals surface area contributed by atoms with Gasteiger partial charge in [-0.15, -0.1) is 0 Å². The molecule has 1 unspecified atom stereocenters. The summed E-state index contributed by atoms with van der Waals surface area (Å²) in [6.07, 6.45) is 8.61. The Labute approximate surface area is 163 Å². The second-order valence-electron chi connectivity index (χ2n) is 7.49. The highest BCUT2D eigenvalue weighted by Gasteiger charge is 2.42. The number of sulfone groups is 1. The number of hydrogen-bond donors (Lipinski definition) is 0. The van der Waals surface area contributed by atoms with Crippen molar-refractivity contribution in [3.8, 4) is 0 Å². The third-order valence-electron chi connectivity index (χ3n) is 5.62. The third-order valence-corrected chi connectivity index (χ3v) is 6.76. The number of amides is 1. The highest BCUT2D eigenvalue weighted by Crippen LogP contribution is 2.33. The van der Waals surface area contributed by atoms with E-state index >= 15 is 0 Å². The Kier molecular flexibility index (Phi) is 6.89. The van der Waals surface area contributed by atoms with Crippen molar-refractivity contribution in [3.63, 3.8) is 0 Å². The van der Waals surface area contributed by atoms with Crippen molar-refractivity contribution in [2.24, 2.45) is 4.99 Å². The molecule has 152 valence electrons. The van der Waals surface area contributed by atoms with E-state index in [2.05, 4.69) is 4.90 Å². The van der Waals surface area contributed by atoms with Gasteiger partial charge in [-0.25, -0.2) is 13.4 Å². The van der Waals surface area contributed by atoms with Crippen molar-refractivity contribution in [1.29, 1.82) is 0 Å². The summed E-state index contributed by atoms with van der Waals surface area (Å²) in [5.74, 6) is 0.667. The third kappa shape index (κ3) is 4.28. The number of carbonyl (C=O) groups excluding carboxylic acids is 1. The first-order chi connectivity index (χ1) is 12.7. The molecule has 6 nitrogen and oxygen atoms in total. The topological polar surface area (TPSA) is 70.0 Å². The quantitative estimate of drug-likeness (QED) is 0.715.